The van der Waals surface area contributed by atoms with Crippen LogP contribution in [0.15, 0.2) is 78.4 Å². The molecule has 1 heterocycles. The van der Waals surface area contributed by atoms with Crippen LogP contribution in [0, 0.1) is 5.82 Å². The van der Waals surface area contributed by atoms with Crippen LogP contribution in [0.1, 0.15) is 17.2 Å². The molecule has 1 fully saturated rings. The lowest BCUT2D eigenvalue weighted by Gasteiger charge is -2.25. The molecule has 0 unspecified atom stereocenters. The molecule has 0 aliphatic carbocycles. The van der Waals surface area contributed by atoms with Gasteiger partial charge < -0.3 is 9.84 Å². The highest BCUT2D eigenvalue weighted by molar-refractivity contribution is 6.51. The Hall–Kier alpha value is -3.64. The number of hydrogen-bond acceptors (Lipinski definition) is 4. The van der Waals surface area contributed by atoms with E-state index in [2.05, 4.69) is 0 Å². The molecule has 7 heteroatoms. The molecule has 5 nitrogen and oxygen atoms in total. The highest BCUT2D eigenvalue weighted by Crippen LogP contribution is 2.42. The van der Waals surface area contributed by atoms with Gasteiger partial charge in [-0.3, -0.25) is 14.5 Å². The Morgan fingerprint density at radius 3 is 2.16 bits per heavy atom. The summed E-state index contributed by atoms with van der Waals surface area (Å²) in [5, 5.41) is 11.4. The van der Waals surface area contributed by atoms with Crippen molar-refractivity contribution in [2.45, 2.75) is 6.04 Å². The van der Waals surface area contributed by atoms with Gasteiger partial charge in [-0.15, -0.1) is 0 Å². The van der Waals surface area contributed by atoms with Gasteiger partial charge in [-0.25, -0.2) is 4.39 Å². The number of nitrogens with zero attached hydrogens (tertiary/aromatic N) is 1. The summed E-state index contributed by atoms with van der Waals surface area (Å²) in [7, 11) is 1.52. The van der Waals surface area contributed by atoms with Gasteiger partial charge in [0, 0.05) is 16.3 Å². The largest absolute Gasteiger partial charge is 0.507 e. The van der Waals surface area contributed by atoms with Crippen molar-refractivity contribution in [3.05, 3.63) is 100 Å². The van der Waals surface area contributed by atoms with E-state index in [0.717, 1.165) is 0 Å². The molecule has 0 radical (unpaired) electrons. The zero-order chi connectivity index (χ0) is 22.1. The summed E-state index contributed by atoms with van der Waals surface area (Å²) < 4.78 is 18.7. The first kappa shape index (κ1) is 20.6. The number of carbonyl (C=O) groups excluding carboxylic acids is 2. The van der Waals surface area contributed by atoms with Crippen LogP contribution >= 0.6 is 11.6 Å². The molecule has 3 aromatic carbocycles. The lowest BCUT2D eigenvalue weighted by Crippen LogP contribution is -2.29. The van der Waals surface area contributed by atoms with E-state index < -0.39 is 23.5 Å². The fourth-order valence-electron chi connectivity index (χ4n) is 3.57. The van der Waals surface area contributed by atoms with Gasteiger partial charge >= 0.3 is 0 Å². The Morgan fingerprint density at radius 2 is 1.58 bits per heavy atom. The van der Waals surface area contributed by atoms with E-state index >= 15 is 0 Å². The number of rotatable bonds is 4. The number of methoxy groups -OCH3 is 1. The van der Waals surface area contributed by atoms with Crippen molar-refractivity contribution in [2.75, 3.05) is 12.0 Å². The number of hydrogen-bond donors (Lipinski definition) is 1. The molecule has 1 aliphatic heterocycles. The topological polar surface area (TPSA) is 66.8 Å². The highest BCUT2D eigenvalue weighted by atomic mass is 35.5. The van der Waals surface area contributed by atoms with Crippen LogP contribution in [0.3, 0.4) is 0 Å². The van der Waals surface area contributed by atoms with Gasteiger partial charge in [0.1, 0.15) is 17.3 Å². The summed E-state index contributed by atoms with van der Waals surface area (Å²) in [6, 6.07) is 17.4. The van der Waals surface area contributed by atoms with E-state index in [-0.39, 0.29) is 11.3 Å². The minimum absolute atomic E-state index is 0.0882. The molecule has 1 aliphatic rings. The summed E-state index contributed by atoms with van der Waals surface area (Å²) >= 11 is 5.92. The van der Waals surface area contributed by atoms with Crippen molar-refractivity contribution in [3.8, 4) is 5.75 Å². The maximum absolute atomic E-state index is 13.6. The van der Waals surface area contributed by atoms with Crippen molar-refractivity contribution < 1.29 is 23.8 Å². The first-order chi connectivity index (χ1) is 14.9. The number of aliphatic hydroxyl groups excluding tert-OH is 1. The lowest BCUT2D eigenvalue weighted by molar-refractivity contribution is -0.132. The average molecular weight is 438 g/mol. The van der Waals surface area contributed by atoms with Crippen molar-refractivity contribution in [2.24, 2.45) is 0 Å². The third-order valence-electron chi connectivity index (χ3n) is 5.10. The zero-order valence-electron chi connectivity index (χ0n) is 16.4. The molecular formula is C24H17ClFNO4. The fourth-order valence-corrected chi connectivity index (χ4v) is 3.69. The van der Waals surface area contributed by atoms with Crippen LogP contribution < -0.4 is 9.64 Å². The molecule has 3 aromatic rings. The van der Waals surface area contributed by atoms with Crippen LogP contribution in [0.25, 0.3) is 5.76 Å². The maximum Gasteiger partial charge on any atom is 0.300 e. The Balaban J connectivity index is 1.91. The predicted molar refractivity (Wildman–Crippen MR) is 116 cm³/mol. The highest BCUT2D eigenvalue weighted by Gasteiger charge is 2.46. The number of benzene rings is 3. The number of carbonyl (C=O) groups is 2. The summed E-state index contributed by atoms with van der Waals surface area (Å²) in [6.45, 7) is 0. The second kappa shape index (κ2) is 8.24. The summed E-state index contributed by atoms with van der Waals surface area (Å²) in [6.07, 6.45) is 0. The molecule has 1 atom stereocenters. The standard InChI is InChI=1S/C24H17ClFNO4/c1-31-19-12-10-18(11-13-19)27-21(14-4-8-17(26)9-5-14)20(23(29)24(27)30)22(28)15-2-6-16(25)7-3-15/h2-13,21,28H,1H3/t21-/m0/s1. The molecule has 156 valence electrons. The molecule has 0 bridgehead atoms. The van der Waals surface area contributed by atoms with Crippen molar-refractivity contribution in [3.63, 3.8) is 0 Å². The number of anilines is 1. The third kappa shape index (κ3) is 3.78. The normalized spacial score (nSPS) is 17.8. The third-order valence-corrected chi connectivity index (χ3v) is 5.35. The van der Waals surface area contributed by atoms with E-state index in [0.29, 0.717) is 27.6 Å². The van der Waals surface area contributed by atoms with Gasteiger partial charge in [0.2, 0.25) is 0 Å². The Kier molecular flexibility index (Phi) is 5.48. The van der Waals surface area contributed by atoms with Gasteiger partial charge in [0.05, 0.1) is 18.7 Å². The van der Waals surface area contributed by atoms with E-state index in [1.807, 2.05) is 0 Å². The van der Waals surface area contributed by atoms with Gasteiger partial charge in [0.25, 0.3) is 11.7 Å². The molecular weight excluding hydrogens is 421 g/mol. The van der Waals surface area contributed by atoms with Crippen LogP contribution in [0.5, 0.6) is 5.75 Å². The number of halogens is 2. The van der Waals surface area contributed by atoms with Gasteiger partial charge in [-0.05, 0) is 66.2 Å². The minimum atomic E-state index is -0.940. The first-order valence-electron chi connectivity index (χ1n) is 9.37. The maximum atomic E-state index is 13.6. The number of Topliss-reactive ketones (excluding diaryl/α,β-unsaturated/α-hetero) is 1. The molecule has 0 spiro atoms. The van der Waals surface area contributed by atoms with Crippen LogP contribution in [0.4, 0.5) is 10.1 Å². The van der Waals surface area contributed by atoms with Crippen molar-refractivity contribution in [1.82, 2.24) is 0 Å². The van der Waals surface area contributed by atoms with Crippen molar-refractivity contribution in [1.29, 1.82) is 0 Å². The Labute approximate surface area is 182 Å². The molecule has 31 heavy (non-hydrogen) atoms. The molecule has 0 aromatic heterocycles. The predicted octanol–water partition coefficient (Wildman–Crippen LogP) is 5.11. The minimum Gasteiger partial charge on any atom is -0.507 e. The summed E-state index contributed by atoms with van der Waals surface area (Å²) in [5.74, 6) is -1.84. The van der Waals surface area contributed by atoms with E-state index in [9.17, 15) is 19.1 Å². The second-order valence-electron chi connectivity index (χ2n) is 6.93. The summed E-state index contributed by atoms with van der Waals surface area (Å²) in [5.41, 5.74) is 1.17. The molecule has 1 N–H and O–H groups in total. The number of ether oxygens (including phenoxy) is 1. The molecule has 4 rings (SSSR count). The zero-order valence-corrected chi connectivity index (χ0v) is 17.1. The van der Waals surface area contributed by atoms with Crippen molar-refractivity contribution >= 4 is 34.7 Å². The molecule has 1 saturated heterocycles. The molecule has 1 amide bonds. The van der Waals surface area contributed by atoms with Gasteiger partial charge in [0.15, 0.2) is 0 Å². The number of aliphatic hydroxyl groups is 1. The smallest absolute Gasteiger partial charge is 0.300 e. The SMILES string of the molecule is COc1ccc(N2C(=O)C(=O)C(=C(O)c3ccc(Cl)cc3)[C@@H]2c2ccc(F)cc2)cc1. The number of ketones is 1. The van der Waals surface area contributed by atoms with E-state index in [4.69, 9.17) is 16.3 Å². The average Bonchev–Trinajstić information content (AvgIpc) is 3.05. The quantitative estimate of drug-likeness (QED) is 0.350. The van der Waals surface area contributed by atoms with Gasteiger partial charge in [-0.2, -0.15) is 0 Å². The Morgan fingerprint density at radius 1 is 0.968 bits per heavy atom. The van der Waals surface area contributed by atoms with E-state index in [1.54, 1.807) is 48.5 Å². The molecule has 0 saturated carbocycles. The van der Waals surface area contributed by atoms with Crippen LogP contribution in [0.2, 0.25) is 5.02 Å². The van der Waals surface area contributed by atoms with Crippen LogP contribution in [-0.2, 0) is 9.59 Å². The van der Waals surface area contributed by atoms with Gasteiger partial charge in [-0.1, -0.05) is 23.7 Å². The first-order valence-corrected chi connectivity index (χ1v) is 9.75. The van der Waals surface area contributed by atoms with E-state index in [1.165, 1.54) is 36.3 Å². The fraction of sp³-hybridized carbons (Fsp3) is 0.0833. The lowest BCUT2D eigenvalue weighted by atomic mass is 9.95. The van der Waals surface area contributed by atoms with Crippen LogP contribution in [-0.4, -0.2) is 23.9 Å². The Bertz CT molecular complexity index is 1170. The summed E-state index contributed by atoms with van der Waals surface area (Å²) in [4.78, 5) is 27.3. The monoisotopic (exact) mass is 437 g/mol. The second-order valence-corrected chi connectivity index (χ2v) is 7.36. The number of amides is 1.